The van der Waals surface area contributed by atoms with Crippen LogP contribution in [-0.4, -0.2) is 0 Å². The molecule has 0 bridgehead atoms. The van der Waals surface area contributed by atoms with Crippen molar-refractivity contribution >= 4 is 0 Å². The zero-order chi connectivity index (χ0) is 5.98. The average molecular weight is 107 g/mol. The van der Waals surface area contributed by atoms with Crippen molar-refractivity contribution < 1.29 is 0 Å². The average Bonchev–Trinajstić information content (AvgIpc) is 1.64. The van der Waals surface area contributed by atoms with E-state index in [-0.39, 0.29) is 0 Å². The van der Waals surface area contributed by atoms with E-state index in [9.17, 15) is 0 Å². The topological polar surface area (TPSA) is 0 Å². The fraction of sp³-hybridized carbons (Fsp3) is 0.500. The Hall–Kier alpha value is -0.520. The predicted molar refractivity (Wildman–Crippen MR) is 35.4 cm³/mol. The van der Waals surface area contributed by atoms with Crippen LogP contribution in [0, 0.1) is 12.0 Å². The van der Waals surface area contributed by atoms with E-state index < -0.39 is 0 Å². The molecule has 43 valence electrons. The molecule has 0 aliphatic heterocycles. The van der Waals surface area contributed by atoms with Gasteiger partial charge in [-0.3, -0.25) is 0 Å². The molecule has 1 rings (SSSR count). The molecule has 0 saturated carbocycles. The molecule has 0 amide bonds. The Balaban J connectivity index is 2.63. The van der Waals surface area contributed by atoms with Crippen LogP contribution in [0.25, 0.3) is 0 Å². The largest absolute Gasteiger partial charge is 0.0837 e. The molecule has 0 fully saturated rings. The molecule has 0 aromatic heterocycles. The van der Waals surface area contributed by atoms with Gasteiger partial charge in [0.2, 0.25) is 0 Å². The highest BCUT2D eigenvalue weighted by molar-refractivity contribution is 5.17. The number of hydrogen-bond acceptors (Lipinski definition) is 0. The van der Waals surface area contributed by atoms with Gasteiger partial charge in [0.15, 0.2) is 0 Å². The summed E-state index contributed by atoms with van der Waals surface area (Å²) in [7, 11) is 0. The molecule has 0 aromatic carbocycles. The van der Waals surface area contributed by atoms with Gasteiger partial charge in [-0.1, -0.05) is 19.1 Å². The molecule has 8 heavy (non-hydrogen) atoms. The third-order valence-electron chi connectivity index (χ3n) is 1.33. The van der Waals surface area contributed by atoms with E-state index in [0.29, 0.717) is 5.92 Å². The highest BCUT2D eigenvalue weighted by Crippen LogP contribution is 2.13. The molecule has 0 spiro atoms. The molecule has 0 nitrogen and oxygen atoms in total. The maximum Gasteiger partial charge on any atom is -0.0150 e. The van der Waals surface area contributed by atoms with Crippen LogP contribution in [0.4, 0.5) is 0 Å². The summed E-state index contributed by atoms with van der Waals surface area (Å²) < 4.78 is 0. The summed E-state index contributed by atoms with van der Waals surface area (Å²) in [5.74, 6) is 0.639. The number of rotatable bonds is 0. The van der Waals surface area contributed by atoms with Gasteiger partial charge in [0.25, 0.3) is 0 Å². The summed E-state index contributed by atoms with van der Waals surface area (Å²) >= 11 is 0. The van der Waals surface area contributed by atoms with Gasteiger partial charge in [0.1, 0.15) is 0 Å². The second-order valence-corrected chi connectivity index (χ2v) is 2.37. The number of allylic oxidation sites excluding steroid dienone is 4. The van der Waals surface area contributed by atoms with Crippen LogP contribution in [0.2, 0.25) is 0 Å². The molecule has 1 atom stereocenters. The van der Waals surface area contributed by atoms with Crippen LogP contribution in [0.3, 0.4) is 0 Å². The van der Waals surface area contributed by atoms with Gasteiger partial charge in [0, 0.05) is 0 Å². The van der Waals surface area contributed by atoms with E-state index >= 15 is 0 Å². The van der Waals surface area contributed by atoms with Crippen molar-refractivity contribution in [3.8, 4) is 0 Å². The van der Waals surface area contributed by atoms with E-state index in [2.05, 4.69) is 32.1 Å². The molecular weight excluding hydrogens is 96.1 g/mol. The Labute approximate surface area is 50.9 Å². The minimum atomic E-state index is 0.639. The van der Waals surface area contributed by atoms with Crippen molar-refractivity contribution in [3.63, 3.8) is 0 Å². The standard InChI is InChI=1S/C8H11/c1-7-4-3-5-8(2)6-7/h3-4,8H,5H2,1-2H3. The Morgan fingerprint density at radius 3 is 2.88 bits per heavy atom. The molecule has 0 heteroatoms. The highest BCUT2D eigenvalue weighted by atomic mass is 14.0. The highest BCUT2D eigenvalue weighted by Gasteiger charge is 1.99. The summed E-state index contributed by atoms with van der Waals surface area (Å²) in [5.41, 5.74) is 1.28. The third kappa shape index (κ3) is 1.22. The third-order valence-corrected chi connectivity index (χ3v) is 1.33. The maximum atomic E-state index is 3.31. The van der Waals surface area contributed by atoms with Gasteiger partial charge in [-0.25, -0.2) is 0 Å². The first kappa shape index (κ1) is 5.61. The minimum absolute atomic E-state index is 0.639. The summed E-state index contributed by atoms with van der Waals surface area (Å²) in [5, 5.41) is 0. The Morgan fingerprint density at radius 1 is 1.75 bits per heavy atom. The summed E-state index contributed by atoms with van der Waals surface area (Å²) in [6.45, 7) is 4.28. The lowest BCUT2D eigenvalue weighted by Crippen LogP contribution is -1.92. The van der Waals surface area contributed by atoms with E-state index in [0.717, 1.165) is 6.42 Å². The Morgan fingerprint density at radius 2 is 2.50 bits per heavy atom. The first-order valence-electron chi connectivity index (χ1n) is 3.05. The van der Waals surface area contributed by atoms with Gasteiger partial charge >= 0.3 is 0 Å². The van der Waals surface area contributed by atoms with Gasteiger partial charge in [-0.15, -0.1) is 0 Å². The lowest BCUT2D eigenvalue weighted by Gasteiger charge is -2.06. The summed E-state index contributed by atoms with van der Waals surface area (Å²) in [6, 6.07) is 0. The van der Waals surface area contributed by atoms with E-state index in [1.807, 2.05) is 0 Å². The van der Waals surface area contributed by atoms with Crippen LogP contribution < -0.4 is 0 Å². The zero-order valence-corrected chi connectivity index (χ0v) is 5.44. The normalized spacial score (nSPS) is 27.8. The molecular formula is C8H11. The van der Waals surface area contributed by atoms with Crippen molar-refractivity contribution in [2.24, 2.45) is 5.92 Å². The van der Waals surface area contributed by atoms with Crippen molar-refractivity contribution in [1.29, 1.82) is 0 Å². The molecule has 1 radical (unpaired) electrons. The fourth-order valence-electron chi connectivity index (χ4n) is 0.945. The Kier molecular flexibility index (Phi) is 1.52. The lowest BCUT2D eigenvalue weighted by molar-refractivity contribution is 0.706. The molecule has 0 heterocycles. The van der Waals surface area contributed by atoms with E-state index in [1.54, 1.807) is 0 Å². The van der Waals surface area contributed by atoms with Crippen molar-refractivity contribution in [1.82, 2.24) is 0 Å². The van der Waals surface area contributed by atoms with Crippen LogP contribution in [-0.2, 0) is 0 Å². The second-order valence-electron chi connectivity index (χ2n) is 2.37. The quantitative estimate of drug-likeness (QED) is 0.445. The number of hydrogen-bond donors (Lipinski definition) is 0. The predicted octanol–water partition coefficient (Wildman–Crippen LogP) is 2.33. The monoisotopic (exact) mass is 107 g/mol. The van der Waals surface area contributed by atoms with Crippen molar-refractivity contribution in [3.05, 3.63) is 23.8 Å². The first-order valence-corrected chi connectivity index (χ1v) is 3.05. The molecule has 0 saturated heterocycles. The van der Waals surface area contributed by atoms with Crippen LogP contribution in [0.15, 0.2) is 17.7 Å². The smallest absolute Gasteiger partial charge is 0.0150 e. The molecule has 1 unspecified atom stereocenters. The molecule has 1 aliphatic carbocycles. The van der Waals surface area contributed by atoms with Crippen LogP contribution in [0.5, 0.6) is 0 Å². The molecule has 0 N–H and O–H groups in total. The Bertz CT molecular complexity index is 129. The second kappa shape index (κ2) is 2.17. The fourth-order valence-corrected chi connectivity index (χ4v) is 0.945. The van der Waals surface area contributed by atoms with E-state index in [4.69, 9.17) is 0 Å². The summed E-state index contributed by atoms with van der Waals surface area (Å²) in [6.07, 6.45) is 8.80. The summed E-state index contributed by atoms with van der Waals surface area (Å²) in [4.78, 5) is 0. The first-order chi connectivity index (χ1) is 3.79. The minimum Gasteiger partial charge on any atom is -0.0837 e. The zero-order valence-electron chi connectivity index (χ0n) is 5.44. The van der Waals surface area contributed by atoms with Gasteiger partial charge in [-0.2, -0.15) is 0 Å². The maximum absolute atomic E-state index is 3.31. The van der Waals surface area contributed by atoms with Crippen molar-refractivity contribution in [2.45, 2.75) is 20.3 Å². The lowest BCUT2D eigenvalue weighted by atomic mass is 9.99. The van der Waals surface area contributed by atoms with Crippen molar-refractivity contribution in [2.75, 3.05) is 0 Å². The SMILES string of the molecule is CC1=[C]C(C)CC=C1. The van der Waals surface area contributed by atoms with E-state index in [1.165, 1.54) is 5.57 Å². The van der Waals surface area contributed by atoms with Crippen LogP contribution in [0.1, 0.15) is 20.3 Å². The van der Waals surface area contributed by atoms with Gasteiger partial charge < -0.3 is 0 Å². The molecule has 1 aliphatic rings. The van der Waals surface area contributed by atoms with Gasteiger partial charge in [0.05, 0.1) is 0 Å². The molecule has 0 aromatic rings. The van der Waals surface area contributed by atoms with Crippen LogP contribution >= 0.6 is 0 Å². The van der Waals surface area contributed by atoms with Gasteiger partial charge in [-0.05, 0) is 30.9 Å².